The van der Waals surface area contributed by atoms with Crippen LogP contribution in [-0.4, -0.2) is 54.7 Å². The fourth-order valence-electron chi connectivity index (χ4n) is 2.85. The molecule has 1 saturated heterocycles. The number of piperidine rings is 1. The van der Waals surface area contributed by atoms with Gasteiger partial charge in [-0.3, -0.25) is 14.5 Å². The first kappa shape index (κ1) is 16.5. The van der Waals surface area contributed by atoms with Gasteiger partial charge in [0.05, 0.1) is 19.6 Å². The monoisotopic (exact) mass is 306 g/mol. The first-order chi connectivity index (χ1) is 10.6. The van der Waals surface area contributed by atoms with Gasteiger partial charge >= 0.3 is 11.9 Å². The molecular formula is C16H22N2O4. The summed E-state index contributed by atoms with van der Waals surface area (Å²) in [6, 6.07) is 10.0. The molecule has 0 radical (unpaired) electrons. The molecule has 2 unspecified atom stereocenters. The number of aliphatic carboxylic acids is 1. The van der Waals surface area contributed by atoms with Gasteiger partial charge in [-0.15, -0.1) is 0 Å². The van der Waals surface area contributed by atoms with Crippen LogP contribution >= 0.6 is 0 Å². The average molecular weight is 306 g/mol. The Balaban J connectivity index is 1.95. The molecule has 1 heterocycles. The maximum atomic E-state index is 11.8. The highest BCUT2D eigenvalue weighted by Gasteiger charge is 2.32. The van der Waals surface area contributed by atoms with Gasteiger partial charge in [-0.25, -0.2) is 0 Å². The van der Waals surface area contributed by atoms with E-state index in [1.54, 1.807) is 4.90 Å². The van der Waals surface area contributed by atoms with Gasteiger partial charge < -0.3 is 15.2 Å². The summed E-state index contributed by atoms with van der Waals surface area (Å²) in [5, 5.41) is 12.4. The van der Waals surface area contributed by atoms with Crippen molar-refractivity contribution in [3.63, 3.8) is 0 Å². The number of rotatable bonds is 6. The largest absolute Gasteiger partial charge is 0.480 e. The fraction of sp³-hybridized carbons (Fsp3) is 0.500. The van der Waals surface area contributed by atoms with E-state index in [9.17, 15) is 9.59 Å². The molecule has 0 saturated carbocycles. The van der Waals surface area contributed by atoms with Crippen molar-refractivity contribution in [1.29, 1.82) is 0 Å². The summed E-state index contributed by atoms with van der Waals surface area (Å²) >= 11 is 0. The lowest BCUT2D eigenvalue weighted by Crippen LogP contribution is -2.52. The van der Waals surface area contributed by atoms with E-state index < -0.39 is 5.97 Å². The van der Waals surface area contributed by atoms with Gasteiger partial charge in [0.15, 0.2) is 0 Å². The number of nitrogens with one attached hydrogen (secondary N) is 1. The topological polar surface area (TPSA) is 78.9 Å². The summed E-state index contributed by atoms with van der Waals surface area (Å²) < 4.78 is 4.81. The van der Waals surface area contributed by atoms with Crippen LogP contribution in [0.3, 0.4) is 0 Å². The van der Waals surface area contributed by atoms with Crippen molar-refractivity contribution >= 4 is 11.9 Å². The van der Waals surface area contributed by atoms with Gasteiger partial charge in [0, 0.05) is 25.7 Å². The smallest absolute Gasteiger partial charge is 0.317 e. The van der Waals surface area contributed by atoms with Crippen molar-refractivity contribution in [2.45, 2.75) is 19.0 Å². The Labute approximate surface area is 130 Å². The second kappa shape index (κ2) is 7.91. The number of hydrogen-bond donors (Lipinski definition) is 2. The number of carbonyl (C=O) groups excluding carboxylic acids is 1. The second-order valence-electron chi connectivity index (χ2n) is 5.61. The number of esters is 1. The number of benzene rings is 1. The molecule has 2 N–H and O–H groups in total. The van der Waals surface area contributed by atoms with Gasteiger partial charge in [-0.1, -0.05) is 30.3 Å². The van der Waals surface area contributed by atoms with E-state index in [0.29, 0.717) is 26.1 Å². The number of hydrogen-bond acceptors (Lipinski definition) is 5. The van der Waals surface area contributed by atoms with E-state index in [-0.39, 0.29) is 24.5 Å². The van der Waals surface area contributed by atoms with Crippen LogP contribution in [0.25, 0.3) is 0 Å². The zero-order valence-electron chi connectivity index (χ0n) is 12.7. The van der Waals surface area contributed by atoms with E-state index in [1.807, 2.05) is 30.3 Å². The highest BCUT2D eigenvalue weighted by Crippen LogP contribution is 2.18. The summed E-state index contributed by atoms with van der Waals surface area (Å²) in [6.07, 6.45) is 0.662. The molecule has 1 aliphatic rings. The molecule has 0 spiro atoms. The zero-order chi connectivity index (χ0) is 15.9. The third-order valence-corrected chi connectivity index (χ3v) is 3.86. The standard InChI is InChI=1S/C16H22N2O4/c1-22-16(21)13-7-14(10-18(9-13)11-15(19)20)17-8-12-5-3-2-4-6-12/h2-6,13-14,17H,7-11H2,1H3,(H,19,20). The van der Waals surface area contributed by atoms with Crippen molar-refractivity contribution in [3.8, 4) is 0 Å². The molecule has 0 bridgehead atoms. The molecule has 2 atom stereocenters. The molecule has 6 nitrogen and oxygen atoms in total. The Morgan fingerprint density at radius 3 is 2.68 bits per heavy atom. The molecular weight excluding hydrogens is 284 g/mol. The quantitative estimate of drug-likeness (QED) is 0.754. The maximum absolute atomic E-state index is 11.8. The van der Waals surface area contributed by atoms with E-state index in [1.165, 1.54) is 7.11 Å². The van der Waals surface area contributed by atoms with Crippen LogP contribution < -0.4 is 5.32 Å². The predicted octanol–water partition coefficient (Wildman–Crippen LogP) is 0.724. The summed E-state index contributed by atoms with van der Waals surface area (Å²) in [4.78, 5) is 24.5. The number of carboxylic acid groups (broad SMARTS) is 1. The number of likely N-dealkylation sites (tertiary alicyclic amines) is 1. The Kier molecular flexibility index (Phi) is 5.91. The van der Waals surface area contributed by atoms with Crippen LogP contribution in [0.2, 0.25) is 0 Å². The van der Waals surface area contributed by atoms with E-state index in [0.717, 1.165) is 5.56 Å². The molecule has 0 aromatic heterocycles. The van der Waals surface area contributed by atoms with Gasteiger partial charge in [-0.2, -0.15) is 0 Å². The highest BCUT2D eigenvalue weighted by atomic mass is 16.5. The van der Waals surface area contributed by atoms with Gasteiger partial charge in [0.2, 0.25) is 0 Å². The summed E-state index contributed by atoms with van der Waals surface area (Å²) in [6.45, 7) is 1.69. The van der Waals surface area contributed by atoms with Crippen LogP contribution in [0.5, 0.6) is 0 Å². The normalized spacial score (nSPS) is 22.2. The molecule has 22 heavy (non-hydrogen) atoms. The summed E-state index contributed by atoms with van der Waals surface area (Å²) in [7, 11) is 1.37. The second-order valence-corrected chi connectivity index (χ2v) is 5.61. The molecule has 2 rings (SSSR count). The van der Waals surface area contributed by atoms with Gasteiger partial charge in [0.25, 0.3) is 0 Å². The Bertz CT molecular complexity index is 506. The van der Waals surface area contributed by atoms with Crippen LogP contribution in [-0.2, 0) is 20.9 Å². The Morgan fingerprint density at radius 1 is 1.32 bits per heavy atom. The third kappa shape index (κ3) is 4.82. The molecule has 1 aromatic rings. The number of methoxy groups -OCH3 is 1. The minimum absolute atomic E-state index is 0.0585. The molecule has 1 aromatic carbocycles. The van der Waals surface area contributed by atoms with Crippen LogP contribution in [0, 0.1) is 5.92 Å². The Morgan fingerprint density at radius 2 is 2.05 bits per heavy atom. The third-order valence-electron chi connectivity index (χ3n) is 3.86. The zero-order valence-corrected chi connectivity index (χ0v) is 12.7. The van der Waals surface area contributed by atoms with Crippen LogP contribution in [0.15, 0.2) is 30.3 Å². The summed E-state index contributed by atoms with van der Waals surface area (Å²) in [5.74, 6) is -1.44. The minimum atomic E-state index is -0.882. The number of carboxylic acids is 1. The van der Waals surface area contributed by atoms with E-state index in [2.05, 4.69) is 5.32 Å². The molecule has 120 valence electrons. The molecule has 1 aliphatic heterocycles. The molecule has 6 heteroatoms. The minimum Gasteiger partial charge on any atom is -0.480 e. The van der Waals surface area contributed by atoms with Gasteiger partial charge in [0.1, 0.15) is 0 Å². The van der Waals surface area contributed by atoms with Crippen molar-refractivity contribution < 1.29 is 19.4 Å². The highest BCUT2D eigenvalue weighted by molar-refractivity contribution is 5.73. The first-order valence-corrected chi connectivity index (χ1v) is 7.37. The fourth-order valence-corrected chi connectivity index (χ4v) is 2.85. The van der Waals surface area contributed by atoms with Crippen LogP contribution in [0.1, 0.15) is 12.0 Å². The predicted molar refractivity (Wildman–Crippen MR) is 81.3 cm³/mol. The number of ether oxygens (including phenoxy) is 1. The molecule has 0 amide bonds. The lowest BCUT2D eigenvalue weighted by atomic mass is 9.94. The van der Waals surface area contributed by atoms with Crippen molar-refractivity contribution in [3.05, 3.63) is 35.9 Å². The number of nitrogens with zero attached hydrogens (tertiary/aromatic N) is 1. The summed E-state index contributed by atoms with van der Waals surface area (Å²) in [5.41, 5.74) is 1.16. The van der Waals surface area contributed by atoms with E-state index >= 15 is 0 Å². The van der Waals surface area contributed by atoms with Crippen molar-refractivity contribution in [1.82, 2.24) is 10.2 Å². The van der Waals surface area contributed by atoms with Crippen molar-refractivity contribution in [2.24, 2.45) is 5.92 Å². The van der Waals surface area contributed by atoms with Crippen LogP contribution in [0.4, 0.5) is 0 Å². The Hall–Kier alpha value is -1.92. The SMILES string of the molecule is COC(=O)C1CC(NCc2ccccc2)CN(CC(=O)O)C1. The van der Waals surface area contributed by atoms with E-state index in [4.69, 9.17) is 9.84 Å². The van der Waals surface area contributed by atoms with Gasteiger partial charge in [-0.05, 0) is 12.0 Å². The maximum Gasteiger partial charge on any atom is 0.317 e. The molecule has 0 aliphatic carbocycles. The first-order valence-electron chi connectivity index (χ1n) is 7.37. The lowest BCUT2D eigenvalue weighted by Gasteiger charge is -2.36. The number of carbonyl (C=O) groups is 2. The van der Waals surface area contributed by atoms with Crippen molar-refractivity contribution in [2.75, 3.05) is 26.7 Å². The molecule has 1 fully saturated rings. The average Bonchev–Trinajstić information content (AvgIpc) is 2.52. The lowest BCUT2D eigenvalue weighted by molar-refractivity contribution is -0.149.